The summed E-state index contributed by atoms with van der Waals surface area (Å²) < 4.78 is 5.94. The molecule has 1 amide bonds. The fourth-order valence-corrected chi connectivity index (χ4v) is 5.05. The van der Waals surface area contributed by atoms with Crippen molar-refractivity contribution < 1.29 is 9.53 Å². The van der Waals surface area contributed by atoms with Crippen molar-refractivity contribution in [2.24, 2.45) is 5.92 Å². The van der Waals surface area contributed by atoms with E-state index in [4.69, 9.17) is 4.74 Å². The van der Waals surface area contributed by atoms with Crippen LogP contribution in [0.3, 0.4) is 0 Å². The Kier molecular flexibility index (Phi) is 4.87. The van der Waals surface area contributed by atoms with Gasteiger partial charge in [0.25, 0.3) is 0 Å². The number of amides is 1. The van der Waals surface area contributed by atoms with Crippen molar-refractivity contribution in [3.05, 3.63) is 44.8 Å². The van der Waals surface area contributed by atoms with Crippen LogP contribution in [-0.2, 0) is 17.8 Å². The number of nitrogens with zero attached hydrogens (tertiary/aromatic N) is 2. The predicted molar refractivity (Wildman–Crippen MR) is 97.3 cm³/mol. The van der Waals surface area contributed by atoms with Crippen LogP contribution in [0.2, 0.25) is 0 Å². The van der Waals surface area contributed by atoms with Gasteiger partial charge in [0.05, 0.1) is 13.1 Å². The Hall–Kier alpha value is -1.37. The molecule has 0 aliphatic carbocycles. The molecule has 1 atom stereocenters. The topological polar surface area (TPSA) is 32.8 Å². The van der Waals surface area contributed by atoms with E-state index >= 15 is 0 Å². The average molecular weight is 363 g/mol. The Bertz CT molecular complexity index is 612. The smallest absolute Gasteiger partial charge is 0.410 e. The van der Waals surface area contributed by atoms with E-state index in [1.54, 1.807) is 22.7 Å². The minimum Gasteiger partial charge on any atom is -0.444 e. The second-order valence-electron chi connectivity index (χ2n) is 6.58. The van der Waals surface area contributed by atoms with Gasteiger partial charge in [-0.3, -0.25) is 9.80 Å². The fraction of sp³-hybridized carbons (Fsp3) is 0.500. The predicted octanol–water partition coefficient (Wildman–Crippen LogP) is 4.04. The molecule has 0 radical (unpaired) electrons. The van der Waals surface area contributed by atoms with Gasteiger partial charge in [0.2, 0.25) is 0 Å². The first-order chi connectivity index (χ1) is 11.8. The zero-order chi connectivity index (χ0) is 16.4. The van der Waals surface area contributed by atoms with E-state index in [-0.39, 0.29) is 12.2 Å². The normalized spacial score (nSPS) is 25.6. The van der Waals surface area contributed by atoms with Crippen LogP contribution in [0.4, 0.5) is 4.79 Å². The van der Waals surface area contributed by atoms with Crippen LogP contribution >= 0.6 is 22.7 Å². The molecule has 0 spiro atoms. The van der Waals surface area contributed by atoms with Crippen LogP contribution in [0.15, 0.2) is 35.0 Å². The summed E-state index contributed by atoms with van der Waals surface area (Å²) in [5.41, 5.74) is 0. The van der Waals surface area contributed by atoms with Crippen molar-refractivity contribution in [1.29, 1.82) is 0 Å². The highest BCUT2D eigenvalue weighted by Gasteiger charge is 2.37. The molecule has 0 N–H and O–H groups in total. The van der Waals surface area contributed by atoms with Gasteiger partial charge in [-0.1, -0.05) is 12.1 Å². The monoisotopic (exact) mass is 362 g/mol. The standard InChI is InChI=1S/C18H22N2O2S2/c21-18(22-17-13-19-7-5-14(17)6-8-19)20(11-15-3-1-9-23-15)12-16-4-2-10-24-16/h1-4,9-10,14,17H,5-8,11-13H2/t17-/m0/s1. The van der Waals surface area contributed by atoms with Crippen LogP contribution in [0.5, 0.6) is 0 Å². The number of hydrogen-bond acceptors (Lipinski definition) is 5. The van der Waals surface area contributed by atoms with Crippen molar-refractivity contribution in [3.63, 3.8) is 0 Å². The molecule has 4 nitrogen and oxygen atoms in total. The van der Waals surface area contributed by atoms with Crippen molar-refractivity contribution in [1.82, 2.24) is 9.80 Å². The maximum absolute atomic E-state index is 12.8. The van der Waals surface area contributed by atoms with Crippen LogP contribution in [0.25, 0.3) is 0 Å². The number of piperidine rings is 3. The summed E-state index contributed by atoms with van der Waals surface area (Å²) in [4.78, 5) is 19.5. The molecule has 2 aromatic rings. The molecule has 5 rings (SSSR count). The third kappa shape index (κ3) is 3.66. The highest BCUT2D eigenvalue weighted by Crippen LogP contribution is 2.30. The molecule has 2 aromatic heterocycles. The lowest BCUT2D eigenvalue weighted by Crippen LogP contribution is -2.52. The zero-order valence-electron chi connectivity index (χ0n) is 13.6. The molecular formula is C18H22N2O2S2. The van der Waals surface area contributed by atoms with Crippen molar-refractivity contribution >= 4 is 28.8 Å². The largest absolute Gasteiger partial charge is 0.444 e. The lowest BCUT2D eigenvalue weighted by molar-refractivity contribution is -0.0448. The summed E-state index contributed by atoms with van der Waals surface area (Å²) in [6.45, 7) is 4.47. The highest BCUT2D eigenvalue weighted by atomic mass is 32.1. The lowest BCUT2D eigenvalue weighted by Gasteiger charge is -2.44. The van der Waals surface area contributed by atoms with Gasteiger partial charge in [-0.2, -0.15) is 0 Å². The third-order valence-corrected chi connectivity index (χ3v) is 6.68. The van der Waals surface area contributed by atoms with E-state index in [9.17, 15) is 4.79 Å². The van der Waals surface area contributed by atoms with E-state index in [1.165, 1.54) is 9.75 Å². The van der Waals surface area contributed by atoms with E-state index < -0.39 is 0 Å². The average Bonchev–Trinajstić information content (AvgIpc) is 3.29. The number of thiophene rings is 2. The van der Waals surface area contributed by atoms with Crippen LogP contribution in [0.1, 0.15) is 22.6 Å². The minimum absolute atomic E-state index is 0.0640. The molecule has 5 heterocycles. The second kappa shape index (κ2) is 7.25. The number of ether oxygens (including phenoxy) is 1. The summed E-state index contributed by atoms with van der Waals surface area (Å²) in [5.74, 6) is 0.546. The number of rotatable bonds is 5. The Labute approximate surface area is 150 Å². The summed E-state index contributed by atoms with van der Waals surface area (Å²) in [6.07, 6.45) is 2.21. The van der Waals surface area contributed by atoms with Gasteiger partial charge in [-0.15, -0.1) is 22.7 Å². The molecule has 3 aliphatic heterocycles. The molecule has 0 aromatic carbocycles. The Morgan fingerprint density at radius 1 is 1.12 bits per heavy atom. The molecule has 128 valence electrons. The number of carbonyl (C=O) groups is 1. The first-order valence-electron chi connectivity index (χ1n) is 8.50. The van der Waals surface area contributed by atoms with Gasteiger partial charge in [0, 0.05) is 16.3 Å². The summed E-state index contributed by atoms with van der Waals surface area (Å²) in [7, 11) is 0. The summed E-state index contributed by atoms with van der Waals surface area (Å²) in [6, 6.07) is 8.21. The van der Waals surface area contributed by atoms with Gasteiger partial charge < -0.3 is 4.74 Å². The molecular weight excluding hydrogens is 340 g/mol. The van der Waals surface area contributed by atoms with Crippen LogP contribution < -0.4 is 0 Å². The third-order valence-electron chi connectivity index (χ3n) is 4.96. The highest BCUT2D eigenvalue weighted by molar-refractivity contribution is 7.10. The van der Waals surface area contributed by atoms with E-state index in [1.807, 2.05) is 17.0 Å². The van der Waals surface area contributed by atoms with Crippen molar-refractivity contribution in [2.75, 3.05) is 19.6 Å². The van der Waals surface area contributed by atoms with Crippen molar-refractivity contribution in [2.45, 2.75) is 32.0 Å². The van der Waals surface area contributed by atoms with Gasteiger partial charge >= 0.3 is 6.09 Å². The Balaban J connectivity index is 1.44. The summed E-state index contributed by atoms with van der Waals surface area (Å²) in [5, 5.41) is 4.11. The quantitative estimate of drug-likeness (QED) is 0.805. The molecule has 24 heavy (non-hydrogen) atoms. The van der Waals surface area contributed by atoms with Gasteiger partial charge in [-0.25, -0.2) is 4.79 Å². The maximum Gasteiger partial charge on any atom is 0.410 e. The maximum atomic E-state index is 12.8. The first kappa shape index (κ1) is 16.1. The van der Waals surface area contributed by atoms with E-state index in [0.717, 1.165) is 32.5 Å². The molecule has 0 unspecified atom stereocenters. The second-order valence-corrected chi connectivity index (χ2v) is 8.64. The van der Waals surface area contributed by atoms with Gasteiger partial charge in [-0.05, 0) is 54.7 Å². The zero-order valence-corrected chi connectivity index (χ0v) is 15.2. The van der Waals surface area contributed by atoms with E-state index in [0.29, 0.717) is 19.0 Å². The molecule has 6 heteroatoms. The van der Waals surface area contributed by atoms with Crippen LogP contribution in [-0.4, -0.2) is 41.6 Å². The molecule has 3 fully saturated rings. The first-order valence-corrected chi connectivity index (χ1v) is 10.3. The Morgan fingerprint density at radius 3 is 2.21 bits per heavy atom. The molecule has 0 saturated carbocycles. The summed E-state index contributed by atoms with van der Waals surface area (Å²) >= 11 is 3.37. The number of fused-ring (bicyclic) bond motifs is 3. The minimum atomic E-state index is -0.171. The SMILES string of the molecule is O=C(O[C@H]1CN2CCC1CC2)N(Cc1cccs1)Cc1cccs1. The van der Waals surface area contributed by atoms with E-state index in [2.05, 4.69) is 27.8 Å². The van der Waals surface area contributed by atoms with Gasteiger partial charge in [0.15, 0.2) is 0 Å². The molecule has 3 saturated heterocycles. The molecule has 2 bridgehead atoms. The van der Waals surface area contributed by atoms with Gasteiger partial charge in [0.1, 0.15) is 6.10 Å². The number of hydrogen-bond donors (Lipinski definition) is 0. The van der Waals surface area contributed by atoms with Crippen molar-refractivity contribution in [3.8, 4) is 0 Å². The Morgan fingerprint density at radius 2 is 1.75 bits per heavy atom. The molecule has 3 aliphatic rings. The van der Waals surface area contributed by atoms with Crippen LogP contribution in [0, 0.1) is 5.92 Å². The lowest BCUT2D eigenvalue weighted by atomic mass is 9.86. The fourth-order valence-electron chi connectivity index (χ4n) is 3.61. The number of carbonyl (C=O) groups excluding carboxylic acids is 1.